The maximum Gasteiger partial charge on any atom is 0.152 e. The molecule has 4 nitrogen and oxygen atoms in total. The van der Waals surface area contributed by atoms with Gasteiger partial charge in [0.1, 0.15) is 6.29 Å². The highest BCUT2D eigenvalue weighted by atomic mass is 32.2. The predicted octanol–water partition coefficient (Wildman–Crippen LogP) is 5.58. The van der Waals surface area contributed by atoms with Gasteiger partial charge in [0.05, 0.1) is 10.1 Å². The fraction of sp³-hybridized carbons (Fsp3) is 0.391. The number of ketones is 1. The van der Waals surface area contributed by atoms with Gasteiger partial charge in [-0.25, -0.2) is 9.97 Å². The van der Waals surface area contributed by atoms with Gasteiger partial charge in [-0.15, -0.1) is 23.5 Å². The molecule has 6 heteroatoms. The van der Waals surface area contributed by atoms with Crippen LogP contribution in [0, 0.1) is 25.7 Å². The first-order valence-electron chi connectivity index (χ1n) is 9.55. The molecule has 2 unspecified atom stereocenters. The number of pyridine rings is 2. The van der Waals surface area contributed by atoms with Gasteiger partial charge in [-0.2, -0.15) is 0 Å². The van der Waals surface area contributed by atoms with Crippen molar-refractivity contribution in [2.45, 2.75) is 44.7 Å². The van der Waals surface area contributed by atoms with E-state index in [1.54, 1.807) is 36.5 Å². The number of nitrogens with zero attached hydrogens (tertiary/aromatic N) is 2. The van der Waals surface area contributed by atoms with E-state index in [-0.39, 0.29) is 11.7 Å². The van der Waals surface area contributed by atoms with Crippen molar-refractivity contribution in [1.29, 1.82) is 0 Å². The molecule has 0 amide bonds. The van der Waals surface area contributed by atoms with Crippen LogP contribution in [0.5, 0.6) is 0 Å². The number of thioether (sulfide) groups is 2. The van der Waals surface area contributed by atoms with Crippen molar-refractivity contribution >= 4 is 35.6 Å². The number of aromatic nitrogens is 2. The van der Waals surface area contributed by atoms with Crippen molar-refractivity contribution in [3.63, 3.8) is 0 Å². The molecule has 0 aromatic carbocycles. The first-order chi connectivity index (χ1) is 13.8. The molecular formula is C23H30N2O2S2. The monoisotopic (exact) mass is 430 g/mol. The second-order valence-corrected chi connectivity index (χ2v) is 9.11. The highest BCUT2D eigenvalue weighted by Crippen LogP contribution is 2.19. The van der Waals surface area contributed by atoms with Gasteiger partial charge < -0.3 is 4.79 Å². The van der Waals surface area contributed by atoms with Crippen LogP contribution in [-0.4, -0.2) is 33.5 Å². The van der Waals surface area contributed by atoms with Crippen LogP contribution in [0.1, 0.15) is 31.9 Å². The lowest BCUT2D eigenvalue weighted by Crippen LogP contribution is -1.98. The SMILES string of the molecule is CC(=O)/C=C/C(C)CSc1ccc(C)cn1.Cc1ccc(SCC(C)C=O)nc1. The molecule has 0 fully saturated rings. The van der Waals surface area contributed by atoms with Gasteiger partial charge in [-0.1, -0.05) is 32.1 Å². The Hall–Kier alpha value is -1.92. The van der Waals surface area contributed by atoms with E-state index in [1.807, 2.05) is 57.4 Å². The fourth-order valence-corrected chi connectivity index (χ4v) is 3.55. The number of hydrogen-bond acceptors (Lipinski definition) is 6. The number of aryl methyl sites for hydroxylation is 2. The Bertz CT molecular complexity index is 774. The molecule has 0 aliphatic rings. The number of allylic oxidation sites excluding steroid dienone is 2. The maximum absolute atomic E-state index is 10.8. The Kier molecular flexibility index (Phi) is 12.2. The third kappa shape index (κ3) is 12.3. The van der Waals surface area contributed by atoms with Crippen molar-refractivity contribution in [3.05, 3.63) is 59.9 Å². The summed E-state index contributed by atoms with van der Waals surface area (Å²) in [5.74, 6) is 2.34. The lowest BCUT2D eigenvalue weighted by atomic mass is 10.2. The standard InChI is InChI=1S/C13H17NOS.C10H13NOS/c1-10-5-7-13(14-8-10)16-9-11(2)4-6-12(3)15;1-8-3-4-10(11-5-8)13-7-9(2)6-12/h4-8,11H,9H2,1-3H3;3-6,9H,7H2,1-2H3/b6-4+;. The summed E-state index contributed by atoms with van der Waals surface area (Å²) in [4.78, 5) is 29.6. The van der Waals surface area contributed by atoms with Crippen LogP contribution in [0.2, 0.25) is 0 Å². The van der Waals surface area contributed by atoms with E-state index >= 15 is 0 Å². The lowest BCUT2D eigenvalue weighted by molar-refractivity contribution is -0.112. The Morgan fingerprint density at radius 3 is 1.79 bits per heavy atom. The summed E-state index contributed by atoms with van der Waals surface area (Å²) in [6.45, 7) is 9.61. The highest BCUT2D eigenvalue weighted by molar-refractivity contribution is 7.99. The van der Waals surface area contributed by atoms with Gasteiger partial charge in [0, 0.05) is 29.8 Å². The van der Waals surface area contributed by atoms with Gasteiger partial charge in [0.25, 0.3) is 0 Å². The van der Waals surface area contributed by atoms with Crippen LogP contribution in [0.25, 0.3) is 0 Å². The number of carbonyl (C=O) groups excluding carboxylic acids is 2. The first-order valence-corrected chi connectivity index (χ1v) is 11.5. The van der Waals surface area contributed by atoms with E-state index < -0.39 is 0 Å². The summed E-state index contributed by atoms with van der Waals surface area (Å²) in [7, 11) is 0. The molecule has 2 aromatic rings. The van der Waals surface area contributed by atoms with Gasteiger partial charge >= 0.3 is 0 Å². The van der Waals surface area contributed by atoms with Gasteiger partial charge in [0.2, 0.25) is 0 Å². The molecule has 0 radical (unpaired) electrons. The molecule has 0 spiro atoms. The molecule has 0 aliphatic carbocycles. The smallest absolute Gasteiger partial charge is 0.152 e. The quantitative estimate of drug-likeness (QED) is 0.294. The predicted molar refractivity (Wildman–Crippen MR) is 124 cm³/mol. The summed E-state index contributed by atoms with van der Waals surface area (Å²) < 4.78 is 0. The van der Waals surface area contributed by atoms with Gasteiger partial charge in [-0.05, 0) is 56.0 Å². The largest absolute Gasteiger partial charge is 0.303 e. The summed E-state index contributed by atoms with van der Waals surface area (Å²) >= 11 is 3.33. The minimum Gasteiger partial charge on any atom is -0.303 e. The topological polar surface area (TPSA) is 59.9 Å². The van der Waals surface area contributed by atoms with Crippen LogP contribution >= 0.6 is 23.5 Å². The molecule has 2 rings (SSSR count). The van der Waals surface area contributed by atoms with Gasteiger partial charge in [0.15, 0.2) is 5.78 Å². The van der Waals surface area contributed by atoms with E-state index in [0.29, 0.717) is 5.92 Å². The maximum atomic E-state index is 10.8. The lowest BCUT2D eigenvalue weighted by Gasteiger charge is -2.05. The van der Waals surface area contributed by atoms with E-state index in [2.05, 4.69) is 23.0 Å². The molecule has 0 saturated carbocycles. The molecule has 0 aliphatic heterocycles. The third-order valence-electron chi connectivity index (χ3n) is 3.65. The molecular weight excluding hydrogens is 400 g/mol. The molecule has 0 saturated heterocycles. The Morgan fingerprint density at radius 2 is 1.41 bits per heavy atom. The van der Waals surface area contributed by atoms with Crippen molar-refractivity contribution in [1.82, 2.24) is 9.97 Å². The Labute approximate surface area is 183 Å². The Morgan fingerprint density at radius 1 is 0.931 bits per heavy atom. The molecule has 29 heavy (non-hydrogen) atoms. The molecule has 156 valence electrons. The minimum atomic E-state index is 0.102. The highest BCUT2D eigenvalue weighted by Gasteiger charge is 2.02. The van der Waals surface area contributed by atoms with Crippen LogP contribution in [-0.2, 0) is 9.59 Å². The number of rotatable bonds is 9. The van der Waals surface area contributed by atoms with E-state index in [9.17, 15) is 9.59 Å². The normalized spacial score (nSPS) is 12.7. The summed E-state index contributed by atoms with van der Waals surface area (Å²) in [5, 5.41) is 2.02. The fourth-order valence-electron chi connectivity index (χ4n) is 1.91. The number of carbonyl (C=O) groups is 2. The Balaban J connectivity index is 0.000000296. The van der Waals surface area contributed by atoms with Gasteiger partial charge in [-0.3, -0.25) is 4.79 Å². The van der Waals surface area contributed by atoms with Crippen molar-refractivity contribution in [3.8, 4) is 0 Å². The van der Waals surface area contributed by atoms with Crippen LogP contribution in [0.4, 0.5) is 0 Å². The number of aldehydes is 1. The second-order valence-electron chi connectivity index (χ2n) is 7.03. The van der Waals surface area contributed by atoms with Crippen LogP contribution in [0.15, 0.2) is 58.9 Å². The molecule has 2 aromatic heterocycles. The molecule has 2 heterocycles. The summed E-state index contributed by atoms with van der Waals surface area (Å²) in [6.07, 6.45) is 8.27. The van der Waals surface area contributed by atoms with E-state index in [4.69, 9.17) is 0 Å². The minimum absolute atomic E-state index is 0.102. The molecule has 2 atom stereocenters. The molecule has 0 N–H and O–H groups in total. The van der Waals surface area contributed by atoms with E-state index in [0.717, 1.165) is 33.4 Å². The second kappa shape index (κ2) is 14.1. The van der Waals surface area contributed by atoms with Crippen LogP contribution in [0.3, 0.4) is 0 Å². The zero-order chi connectivity index (χ0) is 21.6. The molecule has 0 bridgehead atoms. The van der Waals surface area contributed by atoms with Crippen molar-refractivity contribution < 1.29 is 9.59 Å². The zero-order valence-corrected chi connectivity index (χ0v) is 19.4. The number of hydrogen-bond donors (Lipinski definition) is 0. The zero-order valence-electron chi connectivity index (χ0n) is 17.8. The third-order valence-corrected chi connectivity index (χ3v) is 6.11. The summed E-state index contributed by atoms with van der Waals surface area (Å²) in [6, 6.07) is 8.10. The average Bonchev–Trinajstić information content (AvgIpc) is 2.71. The average molecular weight is 431 g/mol. The van der Waals surface area contributed by atoms with Crippen LogP contribution < -0.4 is 0 Å². The van der Waals surface area contributed by atoms with Crippen molar-refractivity contribution in [2.75, 3.05) is 11.5 Å². The summed E-state index contributed by atoms with van der Waals surface area (Å²) in [5.41, 5.74) is 2.33. The van der Waals surface area contributed by atoms with E-state index in [1.165, 1.54) is 5.56 Å². The first kappa shape index (κ1) is 25.1. The van der Waals surface area contributed by atoms with Crippen molar-refractivity contribution in [2.24, 2.45) is 11.8 Å².